The Bertz CT molecular complexity index is 501. The fourth-order valence-corrected chi connectivity index (χ4v) is 0.856. The number of hydrogen-bond donors (Lipinski definition) is 6. The molecule has 0 aromatic heterocycles. The van der Waals surface area contributed by atoms with Gasteiger partial charge in [0.15, 0.2) is 0 Å². The van der Waals surface area contributed by atoms with Crippen LogP contribution in [-0.2, 0) is 9.36 Å². The Morgan fingerprint density at radius 1 is 0.857 bits per heavy atom. The van der Waals surface area contributed by atoms with E-state index in [1.807, 2.05) is 0 Å². The molecule has 1 rings (SSSR count). The molecule has 0 unspecified atom stereocenters. The highest BCUT2D eigenvalue weighted by Crippen LogP contribution is 2.25. The molecule has 0 aliphatic heterocycles. The van der Waals surface area contributed by atoms with Crippen LogP contribution in [0.25, 0.3) is 0 Å². The molecular weight excluding hydrogens is 311 g/mol. The van der Waals surface area contributed by atoms with Crippen LogP contribution in [0.3, 0.4) is 0 Å². The second kappa shape index (κ2) is 9.61. The zero-order chi connectivity index (χ0) is 17.2. The van der Waals surface area contributed by atoms with E-state index in [1.165, 1.54) is 24.3 Å². The van der Waals surface area contributed by atoms with Gasteiger partial charge in [-0.05, 0) is 12.1 Å². The highest BCUT2D eigenvalue weighted by Gasteiger charge is 2.13. The summed E-state index contributed by atoms with van der Waals surface area (Å²) in [6, 6.07) is 5.48. The number of aromatic carboxylic acids is 2. The van der Waals surface area contributed by atoms with Crippen LogP contribution >= 0.6 is 7.82 Å². The third kappa shape index (κ3) is 15.7. The van der Waals surface area contributed by atoms with Gasteiger partial charge in [-0.2, -0.15) is 0 Å². The Balaban J connectivity index is 0. The molecule has 0 fully saturated rings. The van der Waals surface area contributed by atoms with Gasteiger partial charge in [0.05, 0.1) is 11.1 Å². The Labute approximate surface area is 118 Å². The number of carbonyl (C=O) groups is 3. The number of hydrogen-bond acceptors (Lipinski definition) is 4. The van der Waals surface area contributed by atoms with Gasteiger partial charge >= 0.3 is 19.8 Å². The van der Waals surface area contributed by atoms with Crippen molar-refractivity contribution in [2.45, 2.75) is 6.92 Å². The van der Waals surface area contributed by atoms with Gasteiger partial charge in [0, 0.05) is 6.92 Å². The average Bonchev–Trinajstić information content (AvgIpc) is 2.25. The lowest BCUT2D eigenvalue weighted by Crippen LogP contribution is -2.06. The Hall–Kier alpha value is -2.26. The van der Waals surface area contributed by atoms with E-state index in [0.717, 1.165) is 6.92 Å². The molecule has 11 heteroatoms. The molecule has 6 N–H and O–H groups in total. The van der Waals surface area contributed by atoms with Crippen molar-refractivity contribution >= 4 is 25.7 Å². The van der Waals surface area contributed by atoms with Crippen molar-refractivity contribution in [2.75, 3.05) is 0 Å². The van der Waals surface area contributed by atoms with Gasteiger partial charge in [0.25, 0.3) is 5.97 Å². The minimum Gasteiger partial charge on any atom is -0.481 e. The van der Waals surface area contributed by atoms with Crippen molar-refractivity contribution < 1.29 is 48.9 Å². The highest BCUT2D eigenvalue weighted by molar-refractivity contribution is 7.45. The molecule has 10 nitrogen and oxygen atoms in total. The van der Waals surface area contributed by atoms with Crippen LogP contribution in [-0.4, -0.2) is 47.9 Å². The lowest BCUT2D eigenvalue weighted by molar-refractivity contribution is -0.134. The number of carboxylic acids is 3. The quantitative estimate of drug-likeness (QED) is 0.411. The van der Waals surface area contributed by atoms with Gasteiger partial charge in [-0.15, -0.1) is 0 Å². The molecule has 0 radical (unpaired) electrons. The Kier molecular flexibility index (Phi) is 9.63. The van der Waals surface area contributed by atoms with Gasteiger partial charge in [-0.1, -0.05) is 12.1 Å². The second-order valence-electron chi connectivity index (χ2n) is 3.19. The molecular formula is C10H13O10P. The summed E-state index contributed by atoms with van der Waals surface area (Å²) >= 11 is 0. The van der Waals surface area contributed by atoms with E-state index in [1.54, 1.807) is 0 Å². The first-order valence-electron chi connectivity index (χ1n) is 4.89. The third-order valence-corrected chi connectivity index (χ3v) is 1.39. The summed E-state index contributed by atoms with van der Waals surface area (Å²) in [6.07, 6.45) is 0. The van der Waals surface area contributed by atoms with Crippen molar-refractivity contribution in [1.82, 2.24) is 0 Å². The largest absolute Gasteiger partial charge is 0.481 e. The van der Waals surface area contributed by atoms with E-state index in [2.05, 4.69) is 0 Å². The maximum Gasteiger partial charge on any atom is 0.466 e. The SMILES string of the molecule is CC(=O)O.O=C(O)c1ccccc1C(=O)O.O=P(O)(O)O. The minimum atomic E-state index is -4.64. The molecule has 118 valence electrons. The number of benzene rings is 1. The van der Waals surface area contributed by atoms with Crippen molar-refractivity contribution in [3.8, 4) is 0 Å². The fraction of sp³-hybridized carbons (Fsp3) is 0.100. The van der Waals surface area contributed by atoms with Crippen LogP contribution < -0.4 is 0 Å². The van der Waals surface area contributed by atoms with Crippen molar-refractivity contribution in [3.63, 3.8) is 0 Å². The first-order chi connectivity index (χ1) is 9.36. The molecule has 0 saturated heterocycles. The molecule has 0 atom stereocenters. The predicted octanol–water partition coefficient (Wildman–Crippen LogP) is 0.245. The molecule has 21 heavy (non-hydrogen) atoms. The van der Waals surface area contributed by atoms with Crippen LogP contribution in [0.5, 0.6) is 0 Å². The summed E-state index contributed by atoms with van der Waals surface area (Å²) in [7, 11) is -4.64. The standard InChI is InChI=1S/C8H6O4.C2H4O2.H3O4P/c9-7(10)5-3-1-2-4-6(5)8(11)12;1-2(3)4;1-5(2,3)4/h1-4H,(H,9,10)(H,11,12);1H3,(H,3,4);(H3,1,2,3,4). The molecule has 0 aliphatic rings. The summed E-state index contributed by atoms with van der Waals surface area (Å²) in [4.78, 5) is 51.5. The molecule has 0 bridgehead atoms. The number of phosphoric acid groups is 1. The normalized spacial score (nSPS) is 9.33. The van der Waals surface area contributed by atoms with Gasteiger partial charge < -0.3 is 30.0 Å². The highest BCUT2D eigenvalue weighted by atomic mass is 31.2. The maximum atomic E-state index is 10.5. The van der Waals surface area contributed by atoms with Gasteiger partial charge in [0.1, 0.15) is 0 Å². The van der Waals surface area contributed by atoms with Crippen LogP contribution in [0.1, 0.15) is 27.6 Å². The van der Waals surface area contributed by atoms with E-state index >= 15 is 0 Å². The van der Waals surface area contributed by atoms with Crippen LogP contribution in [0, 0.1) is 0 Å². The Morgan fingerprint density at radius 2 is 1.05 bits per heavy atom. The number of aliphatic carboxylic acids is 1. The van der Waals surface area contributed by atoms with Crippen LogP contribution in [0.2, 0.25) is 0 Å². The minimum absolute atomic E-state index is 0.190. The average molecular weight is 324 g/mol. The first kappa shape index (κ1) is 21.0. The van der Waals surface area contributed by atoms with E-state index in [0.29, 0.717) is 0 Å². The Morgan fingerprint density at radius 3 is 1.19 bits per heavy atom. The molecule has 0 saturated carbocycles. The van der Waals surface area contributed by atoms with Gasteiger partial charge in [-0.25, -0.2) is 14.2 Å². The lowest BCUT2D eigenvalue weighted by atomic mass is 10.1. The van der Waals surface area contributed by atoms with Gasteiger partial charge in [-0.3, -0.25) is 4.79 Å². The smallest absolute Gasteiger partial charge is 0.466 e. The second-order valence-corrected chi connectivity index (χ2v) is 4.21. The molecule has 1 aromatic rings. The zero-order valence-electron chi connectivity index (χ0n) is 10.6. The van der Waals surface area contributed by atoms with Crippen molar-refractivity contribution in [2.24, 2.45) is 0 Å². The maximum absolute atomic E-state index is 10.5. The zero-order valence-corrected chi connectivity index (χ0v) is 11.5. The fourth-order valence-electron chi connectivity index (χ4n) is 0.856. The molecule has 1 aromatic carbocycles. The van der Waals surface area contributed by atoms with Crippen LogP contribution in [0.4, 0.5) is 0 Å². The lowest BCUT2D eigenvalue weighted by Gasteiger charge is -1.98. The summed E-state index contributed by atoms with van der Waals surface area (Å²) in [5.41, 5.74) is -0.380. The summed E-state index contributed by atoms with van der Waals surface area (Å²) in [6.45, 7) is 1.08. The molecule has 0 aliphatic carbocycles. The van der Waals surface area contributed by atoms with E-state index in [9.17, 15) is 9.59 Å². The third-order valence-electron chi connectivity index (χ3n) is 1.39. The summed E-state index contributed by atoms with van der Waals surface area (Å²) in [5, 5.41) is 24.5. The summed E-state index contributed by atoms with van der Waals surface area (Å²) < 4.78 is 8.88. The predicted molar refractivity (Wildman–Crippen MR) is 67.9 cm³/mol. The monoisotopic (exact) mass is 324 g/mol. The van der Waals surface area contributed by atoms with E-state index in [4.69, 9.17) is 39.4 Å². The molecule has 0 amide bonds. The van der Waals surface area contributed by atoms with Crippen LogP contribution in [0.15, 0.2) is 24.3 Å². The topological polar surface area (TPSA) is 190 Å². The molecule has 0 spiro atoms. The first-order valence-corrected chi connectivity index (χ1v) is 6.46. The summed E-state index contributed by atoms with van der Waals surface area (Å²) in [5.74, 6) is -3.29. The van der Waals surface area contributed by atoms with Gasteiger partial charge in [0.2, 0.25) is 0 Å². The number of carboxylic acid groups (broad SMARTS) is 3. The number of rotatable bonds is 2. The van der Waals surface area contributed by atoms with Crippen molar-refractivity contribution in [1.29, 1.82) is 0 Å². The molecule has 0 heterocycles. The van der Waals surface area contributed by atoms with E-state index in [-0.39, 0.29) is 11.1 Å². The van der Waals surface area contributed by atoms with E-state index < -0.39 is 25.7 Å². The van der Waals surface area contributed by atoms with Crippen molar-refractivity contribution in [3.05, 3.63) is 35.4 Å².